The summed E-state index contributed by atoms with van der Waals surface area (Å²) in [5.74, 6) is -0.495. The van der Waals surface area contributed by atoms with Gasteiger partial charge in [-0.05, 0) is 6.42 Å². The Balaban J connectivity index is 4.04. The molecule has 0 N–H and O–H groups in total. The van der Waals surface area contributed by atoms with Gasteiger partial charge >= 0.3 is 0 Å². The summed E-state index contributed by atoms with van der Waals surface area (Å²) in [5, 5.41) is 0. The molecule has 0 aromatic heterocycles. The van der Waals surface area contributed by atoms with E-state index in [1.165, 1.54) is 0 Å². The van der Waals surface area contributed by atoms with Crippen molar-refractivity contribution in [2.24, 2.45) is 0 Å². The molecule has 0 nitrogen and oxygen atoms in total. The van der Waals surface area contributed by atoms with Crippen molar-refractivity contribution in [1.82, 2.24) is 0 Å². The van der Waals surface area contributed by atoms with Crippen LogP contribution in [-0.4, -0.2) is 0 Å². The highest BCUT2D eigenvalue weighted by molar-refractivity contribution is 5.34. The minimum absolute atomic E-state index is 0.305. The number of hydrogen-bond acceptors (Lipinski definition) is 0. The molecular weight excluding hydrogens is 139 g/mol. The minimum atomic E-state index is -0.495. The Labute approximate surface area is 67.4 Å². The SMILES string of the molecule is C=C(/C=C\C(=C)C(=C)F)CC. The molecule has 0 aliphatic carbocycles. The van der Waals surface area contributed by atoms with Crippen LogP contribution in [0.3, 0.4) is 0 Å². The molecular formula is C10H13F. The van der Waals surface area contributed by atoms with Gasteiger partial charge in [-0.15, -0.1) is 0 Å². The van der Waals surface area contributed by atoms with Crippen LogP contribution in [0.25, 0.3) is 0 Å². The van der Waals surface area contributed by atoms with Crippen LogP contribution in [0.1, 0.15) is 13.3 Å². The Bertz CT molecular complexity index is 209. The fraction of sp³-hybridized carbons (Fsp3) is 0.200. The molecule has 0 aliphatic rings. The summed E-state index contributed by atoms with van der Waals surface area (Å²) < 4.78 is 12.3. The van der Waals surface area contributed by atoms with Crippen LogP contribution >= 0.6 is 0 Å². The van der Waals surface area contributed by atoms with E-state index in [1.807, 2.05) is 6.92 Å². The monoisotopic (exact) mass is 152 g/mol. The van der Waals surface area contributed by atoms with Crippen LogP contribution in [0.15, 0.2) is 48.9 Å². The molecule has 0 amide bonds. The lowest BCUT2D eigenvalue weighted by Gasteiger charge is -1.93. The van der Waals surface area contributed by atoms with E-state index in [2.05, 4.69) is 19.7 Å². The maximum atomic E-state index is 12.3. The fourth-order valence-corrected chi connectivity index (χ4v) is 0.427. The Hall–Kier alpha value is -1.11. The lowest BCUT2D eigenvalue weighted by Crippen LogP contribution is -1.74. The van der Waals surface area contributed by atoms with Crippen molar-refractivity contribution in [2.75, 3.05) is 0 Å². The van der Waals surface area contributed by atoms with Crippen LogP contribution in [-0.2, 0) is 0 Å². The third-order valence-electron chi connectivity index (χ3n) is 1.32. The van der Waals surface area contributed by atoms with E-state index in [0.29, 0.717) is 5.57 Å². The van der Waals surface area contributed by atoms with E-state index in [9.17, 15) is 4.39 Å². The predicted octanol–water partition coefficient (Wildman–Crippen LogP) is 3.55. The van der Waals surface area contributed by atoms with Crippen molar-refractivity contribution in [3.63, 3.8) is 0 Å². The first-order chi connectivity index (χ1) is 5.07. The normalized spacial score (nSPS) is 10.0. The standard InChI is InChI=1S/C10H13F/c1-5-8(2)6-7-9(3)10(4)11/h6-7H,2-5H2,1H3/b7-6-. The van der Waals surface area contributed by atoms with Gasteiger partial charge in [0.15, 0.2) is 0 Å². The molecule has 0 rings (SSSR count). The van der Waals surface area contributed by atoms with Gasteiger partial charge in [0.05, 0.1) is 0 Å². The van der Waals surface area contributed by atoms with Gasteiger partial charge < -0.3 is 0 Å². The maximum absolute atomic E-state index is 12.3. The molecule has 0 saturated carbocycles. The summed E-state index contributed by atoms with van der Waals surface area (Å²) in [6.45, 7) is 12.3. The topological polar surface area (TPSA) is 0 Å². The molecule has 0 aromatic rings. The van der Waals surface area contributed by atoms with Crippen molar-refractivity contribution >= 4 is 0 Å². The first kappa shape index (κ1) is 9.89. The second-order valence-electron chi connectivity index (χ2n) is 2.28. The summed E-state index contributed by atoms with van der Waals surface area (Å²) in [6.07, 6.45) is 4.18. The van der Waals surface area contributed by atoms with E-state index < -0.39 is 5.83 Å². The van der Waals surface area contributed by atoms with Crippen molar-refractivity contribution < 1.29 is 4.39 Å². The molecule has 0 aliphatic heterocycles. The number of hydrogen-bond donors (Lipinski definition) is 0. The molecule has 0 unspecified atom stereocenters. The van der Waals surface area contributed by atoms with Crippen molar-refractivity contribution in [3.8, 4) is 0 Å². The molecule has 60 valence electrons. The van der Waals surface area contributed by atoms with Gasteiger partial charge in [-0.1, -0.05) is 44.4 Å². The quantitative estimate of drug-likeness (QED) is 0.540. The first-order valence-corrected chi connectivity index (χ1v) is 3.47. The molecule has 0 saturated heterocycles. The van der Waals surface area contributed by atoms with Gasteiger partial charge in [-0.3, -0.25) is 0 Å². The third kappa shape index (κ3) is 4.31. The average Bonchev–Trinajstić information content (AvgIpc) is 1.99. The molecule has 0 spiro atoms. The van der Waals surface area contributed by atoms with Gasteiger partial charge in [0.25, 0.3) is 0 Å². The fourth-order valence-electron chi connectivity index (χ4n) is 0.427. The van der Waals surface area contributed by atoms with E-state index in [-0.39, 0.29) is 0 Å². The Kier molecular flexibility index (Phi) is 4.20. The zero-order valence-electron chi connectivity index (χ0n) is 6.86. The molecule has 0 fully saturated rings. The van der Waals surface area contributed by atoms with Crippen LogP contribution in [0.5, 0.6) is 0 Å². The zero-order valence-corrected chi connectivity index (χ0v) is 6.86. The summed E-state index contributed by atoms with van der Waals surface area (Å²) >= 11 is 0. The van der Waals surface area contributed by atoms with Crippen LogP contribution in [0.4, 0.5) is 4.39 Å². The summed E-state index contributed by atoms with van der Waals surface area (Å²) in [4.78, 5) is 0. The average molecular weight is 152 g/mol. The van der Waals surface area contributed by atoms with Gasteiger partial charge in [0, 0.05) is 5.57 Å². The van der Waals surface area contributed by atoms with E-state index >= 15 is 0 Å². The Morgan fingerprint density at radius 1 is 1.27 bits per heavy atom. The molecule has 0 aromatic carbocycles. The third-order valence-corrected chi connectivity index (χ3v) is 1.32. The number of allylic oxidation sites excluding steroid dienone is 5. The van der Waals surface area contributed by atoms with Gasteiger partial charge in [-0.25, -0.2) is 4.39 Å². The van der Waals surface area contributed by atoms with Gasteiger partial charge in [0.1, 0.15) is 5.83 Å². The summed E-state index contributed by atoms with van der Waals surface area (Å²) in [6, 6.07) is 0. The second kappa shape index (κ2) is 4.67. The molecule has 0 atom stereocenters. The summed E-state index contributed by atoms with van der Waals surface area (Å²) in [5.41, 5.74) is 1.26. The van der Waals surface area contributed by atoms with E-state index in [0.717, 1.165) is 12.0 Å². The molecule has 0 heterocycles. The largest absolute Gasteiger partial charge is 0.207 e. The Morgan fingerprint density at radius 3 is 2.18 bits per heavy atom. The molecule has 1 heteroatoms. The first-order valence-electron chi connectivity index (χ1n) is 3.47. The number of halogens is 1. The van der Waals surface area contributed by atoms with Gasteiger partial charge in [0.2, 0.25) is 0 Å². The lowest BCUT2D eigenvalue weighted by molar-refractivity contribution is 0.662. The predicted molar refractivity (Wildman–Crippen MR) is 48.0 cm³/mol. The molecule has 11 heavy (non-hydrogen) atoms. The molecule has 0 radical (unpaired) electrons. The van der Waals surface area contributed by atoms with Crippen LogP contribution < -0.4 is 0 Å². The summed E-state index contributed by atoms with van der Waals surface area (Å²) in [7, 11) is 0. The minimum Gasteiger partial charge on any atom is -0.207 e. The molecule has 0 bridgehead atoms. The highest BCUT2D eigenvalue weighted by atomic mass is 19.1. The zero-order chi connectivity index (χ0) is 8.85. The van der Waals surface area contributed by atoms with Crippen molar-refractivity contribution in [3.05, 3.63) is 48.9 Å². The lowest BCUT2D eigenvalue weighted by atomic mass is 10.2. The van der Waals surface area contributed by atoms with E-state index in [4.69, 9.17) is 0 Å². The Morgan fingerprint density at radius 2 is 1.82 bits per heavy atom. The van der Waals surface area contributed by atoms with Gasteiger partial charge in [-0.2, -0.15) is 0 Å². The van der Waals surface area contributed by atoms with E-state index in [1.54, 1.807) is 12.2 Å². The highest BCUT2D eigenvalue weighted by Crippen LogP contribution is 2.09. The van der Waals surface area contributed by atoms with Crippen molar-refractivity contribution in [2.45, 2.75) is 13.3 Å². The maximum Gasteiger partial charge on any atom is 0.122 e. The van der Waals surface area contributed by atoms with Crippen LogP contribution in [0, 0.1) is 0 Å². The number of rotatable bonds is 4. The van der Waals surface area contributed by atoms with Crippen molar-refractivity contribution in [1.29, 1.82) is 0 Å². The smallest absolute Gasteiger partial charge is 0.122 e. The second-order valence-corrected chi connectivity index (χ2v) is 2.28. The highest BCUT2D eigenvalue weighted by Gasteiger charge is 1.91. The van der Waals surface area contributed by atoms with Crippen LogP contribution in [0.2, 0.25) is 0 Å².